The Labute approximate surface area is 142 Å². The monoisotopic (exact) mass is 326 g/mol. The lowest BCUT2D eigenvalue weighted by molar-refractivity contribution is -0.136. The number of ether oxygens (including phenoxy) is 1. The van der Waals surface area contributed by atoms with Crippen molar-refractivity contribution in [2.75, 3.05) is 18.5 Å². The Morgan fingerprint density at radius 2 is 1.54 bits per heavy atom. The first-order valence-corrected chi connectivity index (χ1v) is 7.82. The number of nitrogens with one attached hydrogen (secondary N) is 2. The van der Waals surface area contributed by atoms with Gasteiger partial charge in [-0.1, -0.05) is 35.9 Å². The zero-order chi connectivity index (χ0) is 17.5. The molecule has 0 aliphatic rings. The van der Waals surface area contributed by atoms with Crippen LogP contribution in [-0.4, -0.2) is 25.0 Å². The highest BCUT2D eigenvalue weighted by Crippen LogP contribution is 2.21. The van der Waals surface area contributed by atoms with Crippen molar-refractivity contribution in [3.63, 3.8) is 0 Å². The van der Waals surface area contributed by atoms with Crippen LogP contribution in [0.4, 0.5) is 5.69 Å². The number of carbonyl (C=O) groups is 2. The lowest BCUT2D eigenvalue weighted by Gasteiger charge is -2.12. The molecule has 2 aromatic rings. The van der Waals surface area contributed by atoms with Crippen LogP contribution in [0.5, 0.6) is 5.75 Å². The molecule has 0 aliphatic heterocycles. The third-order valence-electron chi connectivity index (χ3n) is 3.56. The first-order valence-electron chi connectivity index (χ1n) is 7.82. The van der Waals surface area contributed by atoms with Gasteiger partial charge in [0.05, 0.1) is 6.54 Å². The second-order valence-electron chi connectivity index (χ2n) is 5.65. The molecule has 0 bridgehead atoms. The van der Waals surface area contributed by atoms with Crippen molar-refractivity contribution in [3.05, 3.63) is 59.2 Å². The highest BCUT2D eigenvalue weighted by atomic mass is 16.5. The van der Waals surface area contributed by atoms with Gasteiger partial charge >= 0.3 is 11.8 Å². The van der Waals surface area contributed by atoms with Crippen LogP contribution in [0.3, 0.4) is 0 Å². The molecule has 0 saturated heterocycles. The van der Waals surface area contributed by atoms with Gasteiger partial charge in [-0.3, -0.25) is 9.59 Å². The maximum Gasteiger partial charge on any atom is 0.313 e. The summed E-state index contributed by atoms with van der Waals surface area (Å²) in [7, 11) is 0. The van der Waals surface area contributed by atoms with E-state index in [-0.39, 0.29) is 6.54 Å². The molecule has 24 heavy (non-hydrogen) atoms. The molecular weight excluding hydrogens is 304 g/mol. The highest BCUT2D eigenvalue weighted by molar-refractivity contribution is 6.39. The summed E-state index contributed by atoms with van der Waals surface area (Å²) in [5.74, 6) is -0.553. The van der Waals surface area contributed by atoms with E-state index >= 15 is 0 Å². The lowest BCUT2D eigenvalue weighted by atomic mass is 10.1. The number of amides is 2. The van der Waals surface area contributed by atoms with E-state index in [1.54, 1.807) is 12.1 Å². The molecule has 0 atom stereocenters. The minimum Gasteiger partial charge on any atom is -0.491 e. The maximum absolute atomic E-state index is 11.8. The van der Waals surface area contributed by atoms with E-state index in [1.807, 2.05) is 51.1 Å². The number of benzene rings is 2. The van der Waals surface area contributed by atoms with Crippen molar-refractivity contribution in [3.8, 4) is 5.75 Å². The number of para-hydroxylation sites is 1. The Morgan fingerprint density at radius 1 is 0.917 bits per heavy atom. The average molecular weight is 326 g/mol. The molecule has 2 rings (SSSR count). The van der Waals surface area contributed by atoms with Crippen molar-refractivity contribution in [1.29, 1.82) is 0 Å². The fraction of sp³-hybridized carbons (Fsp3) is 0.263. The van der Waals surface area contributed by atoms with Gasteiger partial charge in [0.15, 0.2) is 0 Å². The molecule has 2 amide bonds. The summed E-state index contributed by atoms with van der Waals surface area (Å²) in [6.07, 6.45) is 0. The molecule has 5 nitrogen and oxygen atoms in total. The van der Waals surface area contributed by atoms with Crippen LogP contribution in [0, 0.1) is 20.8 Å². The van der Waals surface area contributed by atoms with E-state index < -0.39 is 11.8 Å². The van der Waals surface area contributed by atoms with Gasteiger partial charge in [-0.05, 0) is 44.0 Å². The largest absolute Gasteiger partial charge is 0.491 e. The van der Waals surface area contributed by atoms with E-state index in [2.05, 4.69) is 10.6 Å². The summed E-state index contributed by atoms with van der Waals surface area (Å²) < 4.78 is 5.68. The molecule has 0 spiro atoms. The Kier molecular flexibility index (Phi) is 5.95. The fourth-order valence-electron chi connectivity index (χ4n) is 2.25. The molecule has 126 valence electrons. The van der Waals surface area contributed by atoms with Crippen LogP contribution >= 0.6 is 0 Å². The van der Waals surface area contributed by atoms with Crippen LogP contribution in [0.15, 0.2) is 42.5 Å². The average Bonchev–Trinajstić information content (AvgIpc) is 2.55. The fourth-order valence-corrected chi connectivity index (χ4v) is 2.25. The number of carbonyl (C=O) groups excluding carboxylic acids is 2. The normalized spacial score (nSPS) is 10.1. The molecule has 0 fully saturated rings. The van der Waals surface area contributed by atoms with Crippen LogP contribution in [0.25, 0.3) is 0 Å². The molecule has 0 saturated carbocycles. The van der Waals surface area contributed by atoms with Crippen LogP contribution in [-0.2, 0) is 9.59 Å². The van der Waals surface area contributed by atoms with Crippen molar-refractivity contribution >= 4 is 17.5 Å². The van der Waals surface area contributed by atoms with Crippen molar-refractivity contribution < 1.29 is 14.3 Å². The molecule has 0 aromatic heterocycles. The van der Waals surface area contributed by atoms with E-state index in [9.17, 15) is 9.59 Å². The topological polar surface area (TPSA) is 67.4 Å². The van der Waals surface area contributed by atoms with Gasteiger partial charge in [0, 0.05) is 5.69 Å². The van der Waals surface area contributed by atoms with Gasteiger partial charge in [-0.15, -0.1) is 0 Å². The quantitative estimate of drug-likeness (QED) is 0.656. The molecule has 2 N–H and O–H groups in total. The van der Waals surface area contributed by atoms with Crippen molar-refractivity contribution in [2.45, 2.75) is 20.8 Å². The SMILES string of the molecule is Cc1ccc(NC(=O)C(=O)NCCOc2c(C)cccc2C)cc1. The standard InChI is InChI=1S/C19H22N2O3/c1-13-7-9-16(10-8-13)21-19(23)18(22)20-11-12-24-17-14(2)5-4-6-15(17)3/h4-10H,11-12H2,1-3H3,(H,20,22)(H,21,23). The highest BCUT2D eigenvalue weighted by Gasteiger charge is 2.13. The number of aryl methyl sites for hydroxylation is 3. The minimum atomic E-state index is -0.689. The molecule has 0 unspecified atom stereocenters. The molecule has 2 aromatic carbocycles. The minimum absolute atomic E-state index is 0.258. The van der Waals surface area contributed by atoms with E-state index in [4.69, 9.17) is 4.74 Å². The molecule has 0 radical (unpaired) electrons. The lowest BCUT2D eigenvalue weighted by Crippen LogP contribution is -2.37. The number of anilines is 1. The summed E-state index contributed by atoms with van der Waals surface area (Å²) in [5.41, 5.74) is 3.76. The summed E-state index contributed by atoms with van der Waals surface area (Å²) in [6.45, 7) is 6.45. The van der Waals surface area contributed by atoms with E-state index in [1.165, 1.54) is 0 Å². The van der Waals surface area contributed by atoms with Crippen molar-refractivity contribution in [2.24, 2.45) is 0 Å². The number of hydrogen-bond donors (Lipinski definition) is 2. The Balaban J connectivity index is 1.76. The van der Waals surface area contributed by atoms with Gasteiger partial charge in [-0.2, -0.15) is 0 Å². The second-order valence-corrected chi connectivity index (χ2v) is 5.65. The third-order valence-corrected chi connectivity index (χ3v) is 3.56. The van der Waals surface area contributed by atoms with Gasteiger partial charge in [0.1, 0.15) is 12.4 Å². The molecular formula is C19H22N2O3. The van der Waals surface area contributed by atoms with Gasteiger partial charge in [0.25, 0.3) is 0 Å². The Bertz CT molecular complexity index is 704. The zero-order valence-corrected chi connectivity index (χ0v) is 14.2. The Morgan fingerprint density at radius 3 is 2.17 bits per heavy atom. The summed E-state index contributed by atoms with van der Waals surface area (Å²) in [6, 6.07) is 13.1. The maximum atomic E-state index is 11.8. The molecule has 0 aliphatic carbocycles. The zero-order valence-electron chi connectivity index (χ0n) is 14.2. The van der Waals surface area contributed by atoms with Crippen LogP contribution in [0.1, 0.15) is 16.7 Å². The molecule has 5 heteroatoms. The predicted octanol–water partition coefficient (Wildman–Crippen LogP) is 2.75. The Hall–Kier alpha value is -2.82. The predicted molar refractivity (Wildman–Crippen MR) is 94.2 cm³/mol. The first-order chi connectivity index (χ1) is 11.5. The number of rotatable bonds is 5. The van der Waals surface area contributed by atoms with Crippen molar-refractivity contribution in [1.82, 2.24) is 5.32 Å². The second kappa shape index (κ2) is 8.15. The summed E-state index contributed by atoms with van der Waals surface area (Å²) >= 11 is 0. The van der Waals surface area contributed by atoms with E-state index in [0.717, 1.165) is 22.4 Å². The molecule has 0 heterocycles. The van der Waals surface area contributed by atoms with Crippen LogP contribution < -0.4 is 15.4 Å². The number of hydrogen-bond acceptors (Lipinski definition) is 3. The smallest absolute Gasteiger partial charge is 0.313 e. The van der Waals surface area contributed by atoms with E-state index in [0.29, 0.717) is 12.3 Å². The van der Waals surface area contributed by atoms with Gasteiger partial charge in [-0.25, -0.2) is 0 Å². The first kappa shape index (κ1) is 17.5. The summed E-state index contributed by atoms with van der Waals surface area (Å²) in [4.78, 5) is 23.6. The van der Waals surface area contributed by atoms with Gasteiger partial charge in [0.2, 0.25) is 0 Å². The van der Waals surface area contributed by atoms with Crippen LogP contribution in [0.2, 0.25) is 0 Å². The summed E-state index contributed by atoms with van der Waals surface area (Å²) in [5, 5.41) is 5.10. The third kappa shape index (κ3) is 4.84. The van der Waals surface area contributed by atoms with Gasteiger partial charge < -0.3 is 15.4 Å².